The Morgan fingerprint density at radius 3 is 2.72 bits per heavy atom. The molecule has 0 atom stereocenters. The van der Waals surface area contributed by atoms with E-state index in [9.17, 15) is 18.7 Å². The maximum absolute atomic E-state index is 14.1. The summed E-state index contributed by atoms with van der Waals surface area (Å²) in [5.74, 6) is -4.31. The Bertz CT molecular complexity index is 769. The second-order valence-corrected chi connectivity index (χ2v) is 6.56. The standard InChI is InChI=1S/C18H21F2N3O2/c1-13-21-8-9-23(13)12-15-5-2-4-14(10-15)11-22-16(24)18(19,20)17(25)6-3-7-17/h2,4-5,8-10,25H,3,6-7,11-12H2,1H3,(H,22,24). The van der Waals surface area contributed by atoms with E-state index in [1.165, 1.54) is 0 Å². The molecule has 7 heteroatoms. The number of rotatable bonds is 6. The molecule has 25 heavy (non-hydrogen) atoms. The molecule has 1 fully saturated rings. The van der Waals surface area contributed by atoms with Crippen LogP contribution in [0.25, 0.3) is 0 Å². The van der Waals surface area contributed by atoms with Crippen molar-refractivity contribution in [1.29, 1.82) is 0 Å². The summed E-state index contributed by atoms with van der Waals surface area (Å²) in [6.07, 6.45) is 3.99. The van der Waals surface area contributed by atoms with Gasteiger partial charge in [-0.2, -0.15) is 8.78 Å². The summed E-state index contributed by atoms with van der Waals surface area (Å²) in [7, 11) is 0. The Morgan fingerprint density at radius 2 is 2.12 bits per heavy atom. The van der Waals surface area contributed by atoms with E-state index < -0.39 is 17.4 Å². The van der Waals surface area contributed by atoms with Crippen molar-refractivity contribution < 1.29 is 18.7 Å². The lowest BCUT2D eigenvalue weighted by molar-refractivity contribution is -0.216. The first-order valence-electron chi connectivity index (χ1n) is 8.26. The summed E-state index contributed by atoms with van der Waals surface area (Å²) in [6, 6.07) is 7.37. The summed E-state index contributed by atoms with van der Waals surface area (Å²) in [6.45, 7) is 2.50. The minimum Gasteiger partial charge on any atom is -0.383 e. The Morgan fingerprint density at radius 1 is 1.40 bits per heavy atom. The van der Waals surface area contributed by atoms with Gasteiger partial charge in [-0.25, -0.2) is 4.98 Å². The predicted octanol–water partition coefficient (Wildman–Crippen LogP) is 2.41. The van der Waals surface area contributed by atoms with E-state index in [2.05, 4.69) is 10.3 Å². The van der Waals surface area contributed by atoms with E-state index in [1.54, 1.807) is 12.3 Å². The van der Waals surface area contributed by atoms with Gasteiger partial charge < -0.3 is 15.0 Å². The first kappa shape index (κ1) is 17.5. The van der Waals surface area contributed by atoms with Crippen LogP contribution in [0.5, 0.6) is 0 Å². The minimum atomic E-state index is -3.77. The molecule has 0 unspecified atom stereocenters. The molecule has 2 aromatic rings. The van der Waals surface area contributed by atoms with Crippen LogP contribution >= 0.6 is 0 Å². The van der Waals surface area contributed by atoms with Gasteiger partial charge in [0, 0.05) is 25.5 Å². The molecule has 134 valence electrons. The van der Waals surface area contributed by atoms with Crippen molar-refractivity contribution >= 4 is 5.91 Å². The van der Waals surface area contributed by atoms with E-state index in [1.807, 2.05) is 35.9 Å². The number of carbonyl (C=O) groups is 1. The van der Waals surface area contributed by atoms with Gasteiger partial charge in [-0.15, -0.1) is 0 Å². The van der Waals surface area contributed by atoms with Crippen molar-refractivity contribution in [3.8, 4) is 0 Å². The van der Waals surface area contributed by atoms with Crippen molar-refractivity contribution in [3.05, 3.63) is 53.6 Å². The number of aryl methyl sites for hydroxylation is 1. The number of imidazole rings is 1. The number of halogens is 2. The molecule has 1 aromatic carbocycles. The van der Waals surface area contributed by atoms with Gasteiger partial charge in [0.1, 0.15) is 11.4 Å². The lowest BCUT2D eigenvalue weighted by Gasteiger charge is -2.41. The molecule has 0 bridgehead atoms. The lowest BCUT2D eigenvalue weighted by atomic mass is 9.75. The number of nitrogens with zero attached hydrogens (tertiary/aromatic N) is 2. The molecule has 2 N–H and O–H groups in total. The third kappa shape index (κ3) is 3.42. The third-order valence-corrected chi connectivity index (χ3v) is 4.77. The topological polar surface area (TPSA) is 67.2 Å². The lowest BCUT2D eigenvalue weighted by Crippen LogP contribution is -2.60. The summed E-state index contributed by atoms with van der Waals surface area (Å²) in [5, 5.41) is 12.0. The Balaban J connectivity index is 1.62. The number of carbonyl (C=O) groups excluding carboxylic acids is 1. The highest BCUT2D eigenvalue weighted by Gasteiger charge is 2.61. The average Bonchev–Trinajstić information content (AvgIpc) is 2.95. The smallest absolute Gasteiger partial charge is 0.352 e. The van der Waals surface area contributed by atoms with Crippen LogP contribution in [0.1, 0.15) is 36.2 Å². The average molecular weight is 349 g/mol. The van der Waals surface area contributed by atoms with Crippen molar-refractivity contribution in [2.24, 2.45) is 0 Å². The first-order valence-corrected chi connectivity index (χ1v) is 8.26. The fourth-order valence-electron chi connectivity index (χ4n) is 2.94. The zero-order valence-electron chi connectivity index (χ0n) is 14.0. The van der Waals surface area contributed by atoms with Gasteiger partial charge in [-0.1, -0.05) is 24.3 Å². The van der Waals surface area contributed by atoms with Crippen molar-refractivity contribution in [2.75, 3.05) is 0 Å². The van der Waals surface area contributed by atoms with Crippen LogP contribution in [0.4, 0.5) is 8.78 Å². The number of benzene rings is 1. The monoisotopic (exact) mass is 349 g/mol. The molecule has 1 aliphatic rings. The number of amides is 1. The summed E-state index contributed by atoms with van der Waals surface area (Å²) < 4.78 is 30.1. The van der Waals surface area contributed by atoms with E-state index >= 15 is 0 Å². The SMILES string of the molecule is Cc1nccn1Cc1cccc(CNC(=O)C(F)(F)C2(O)CCC2)c1. The van der Waals surface area contributed by atoms with Gasteiger partial charge in [0.05, 0.1) is 0 Å². The molecule has 0 saturated heterocycles. The van der Waals surface area contributed by atoms with Crippen molar-refractivity contribution in [2.45, 2.75) is 50.8 Å². The predicted molar refractivity (Wildman–Crippen MR) is 88.1 cm³/mol. The summed E-state index contributed by atoms with van der Waals surface area (Å²) in [5.41, 5.74) is -0.491. The number of aromatic nitrogens is 2. The van der Waals surface area contributed by atoms with Crippen LogP contribution in [0.15, 0.2) is 36.7 Å². The highest BCUT2D eigenvalue weighted by atomic mass is 19.3. The quantitative estimate of drug-likeness (QED) is 0.842. The highest BCUT2D eigenvalue weighted by Crippen LogP contribution is 2.44. The molecular weight excluding hydrogens is 328 g/mol. The van der Waals surface area contributed by atoms with Gasteiger partial charge in [0.15, 0.2) is 0 Å². The fraction of sp³-hybridized carbons (Fsp3) is 0.444. The number of nitrogens with one attached hydrogen (secondary N) is 1. The van der Waals surface area contributed by atoms with Crippen LogP contribution < -0.4 is 5.32 Å². The van der Waals surface area contributed by atoms with Crippen LogP contribution in [0.2, 0.25) is 0 Å². The number of alkyl halides is 2. The molecule has 1 heterocycles. The molecule has 1 saturated carbocycles. The second-order valence-electron chi connectivity index (χ2n) is 6.56. The Hall–Kier alpha value is -2.28. The molecule has 5 nitrogen and oxygen atoms in total. The molecule has 0 spiro atoms. The third-order valence-electron chi connectivity index (χ3n) is 4.77. The van der Waals surface area contributed by atoms with Crippen LogP contribution in [-0.4, -0.2) is 32.1 Å². The molecule has 1 aliphatic carbocycles. The number of hydrogen-bond donors (Lipinski definition) is 2. The van der Waals surface area contributed by atoms with Gasteiger partial charge in [-0.3, -0.25) is 4.79 Å². The zero-order valence-corrected chi connectivity index (χ0v) is 14.0. The molecule has 0 radical (unpaired) electrons. The number of hydrogen-bond acceptors (Lipinski definition) is 3. The summed E-state index contributed by atoms with van der Waals surface area (Å²) >= 11 is 0. The molecule has 1 amide bonds. The minimum absolute atomic E-state index is 0.0126. The van der Waals surface area contributed by atoms with Crippen molar-refractivity contribution in [1.82, 2.24) is 14.9 Å². The molecule has 0 aliphatic heterocycles. The van der Waals surface area contributed by atoms with Gasteiger partial charge in [0.2, 0.25) is 0 Å². The van der Waals surface area contributed by atoms with Gasteiger partial charge in [-0.05, 0) is 37.3 Å². The van der Waals surface area contributed by atoms with E-state index in [-0.39, 0.29) is 19.4 Å². The van der Waals surface area contributed by atoms with E-state index in [0.29, 0.717) is 13.0 Å². The van der Waals surface area contributed by atoms with Gasteiger partial charge in [0.25, 0.3) is 5.91 Å². The molecular formula is C18H21F2N3O2. The van der Waals surface area contributed by atoms with Crippen molar-refractivity contribution in [3.63, 3.8) is 0 Å². The maximum atomic E-state index is 14.1. The van der Waals surface area contributed by atoms with Crippen LogP contribution in [-0.2, 0) is 17.9 Å². The highest BCUT2D eigenvalue weighted by molar-refractivity contribution is 5.85. The fourth-order valence-corrected chi connectivity index (χ4v) is 2.94. The van der Waals surface area contributed by atoms with Crippen LogP contribution in [0, 0.1) is 6.92 Å². The zero-order chi connectivity index (χ0) is 18.1. The molecule has 3 rings (SSSR count). The Labute approximate surface area is 144 Å². The van der Waals surface area contributed by atoms with Crippen LogP contribution in [0.3, 0.4) is 0 Å². The maximum Gasteiger partial charge on any atom is 0.352 e. The van der Waals surface area contributed by atoms with E-state index in [4.69, 9.17) is 0 Å². The summed E-state index contributed by atoms with van der Waals surface area (Å²) in [4.78, 5) is 16.0. The number of aliphatic hydroxyl groups is 1. The van der Waals surface area contributed by atoms with Gasteiger partial charge >= 0.3 is 5.92 Å². The Kier molecular flexibility index (Phi) is 4.60. The first-order chi connectivity index (χ1) is 11.8. The largest absolute Gasteiger partial charge is 0.383 e. The normalized spacial score (nSPS) is 16.3. The van der Waals surface area contributed by atoms with E-state index in [0.717, 1.165) is 17.0 Å². The molecule has 1 aromatic heterocycles. The second kappa shape index (κ2) is 6.55.